The van der Waals surface area contributed by atoms with Crippen molar-refractivity contribution in [2.75, 3.05) is 98.4 Å². The van der Waals surface area contributed by atoms with Gasteiger partial charge in [-0.1, -0.05) is 47.8 Å². The molecule has 8 heterocycles. The quantitative estimate of drug-likeness (QED) is 0.0549. The second-order valence-corrected chi connectivity index (χ2v) is 26.0. The van der Waals surface area contributed by atoms with E-state index in [0.717, 1.165) is 129 Å². The minimum Gasteiger partial charge on any atom is -0.493 e. The minimum absolute atomic E-state index is 0. The lowest BCUT2D eigenvalue weighted by molar-refractivity contribution is -0.0209. The van der Waals surface area contributed by atoms with E-state index in [9.17, 15) is 27.2 Å². The predicted molar refractivity (Wildman–Crippen MR) is 381 cm³/mol. The summed E-state index contributed by atoms with van der Waals surface area (Å²) in [7, 11) is 0. The van der Waals surface area contributed by atoms with E-state index in [4.69, 9.17) is 18.9 Å². The molecule has 5 atom stereocenters. The number of benzene rings is 6. The Hall–Kier alpha value is -10.1. The van der Waals surface area contributed by atoms with Gasteiger partial charge in [-0.15, -0.1) is 0 Å². The van der Waals surface area contributed by atoms with Crippen LogP contribution in [0.25, 0.3) is 11.4 Å². The topological polar surface area (TPSA) is 191 Å². The van der Waals surface area contributed by atoms with Crippen molar-refractivity contribution < 1.29 is 36.5 Å². The molecule has 0 aliphatic carbocycles. The average molecular weight is 1390 g/mol. The van der Waals surface area contributed by atoms with Crippen molar-refractivity contribution in [3.8, 4) is 22.9 Å². The van der Waals surface area contributed by atoms with Gasteiger partial charge in [0.15, 0.2) is 0 Å². The Labute approximate surface area is 585 Å². The number of hydrogen-bond acceptors (Lipinski definition) is 16. The van der Waals surface area contributed by atoms with E-state index >= 15 is 0 Å². The van der Waals surface area contributed by atoms with Gasteiger partial charge in [-0.25, -0.2) is 65.0 Å². The first kappa shape index (κ1) is 72.2. The molecule has 22 nitrogen and oxygen atoms in total. The molecule has 5 unspecified atom stereocenters. The average Bonchev–Trinajstić information content (AvgIpc) is 1.68. The number of piperazine rings is 2. The molecule has 101 heavy (non-hydrogen) atoms. The first-order valence-corrected chi connectivity index (χ1v) is 34.0. The van der Waals surface area contributed by atoms with Crippen LogP contribution in [0.15, 0.2) is 181 Å². The molecular formula is C75H90F4N16O6. The number of ether oxygens (including phenoxy) is 4. The van der Waals surface area contributed by atoms with E-state index in [2.05, 4.69) is 112 Å². The van der Waals surface area contributed by atoms with Crippen molar-refractivity contribution in [2.24, 2.45) is 11.8 Å². The maximum absolute atomic E-state index is 15.0. The van der Waals surface area contributed by atoms with Gasteiger partial charge in [-0.3, -0.25) is 0 Å². The largest absolute Gasteiger partial charge is 0.493 e. The van der Waals surface area contributed by atoms with Gasteiger partial charge in [0.25, 0.3) is 0 Å². The van der Waals surface area contributed by atoms with Crippen LogP contribution >= 0.6 is 0 Å². The SMILES string of the molecule is C.C.CCC(C)n1ncn(-c2ccc(N3CCN(c4ccc(OCC5COC(Cn6cncn6)(c6ccc(F)cc6F)C5)cc4)CC3)cc2)c1=O.CCC(CC)n1ncn(-c2ccc(N3CCN(c4ccc(OCC5COC(Cn6cncn6)(c6ccc(F)cc6F)C5)cc4)CC3)cc2)c1=O. The highest BCUT2D eigenvalue weighted by Gasteiger charge is 2.46. The summed E-state index contributed by atoms with van der Waals surface area (Å²) >= 11 is 0. The van der Waals surface area contributed by atoms with Crippen LogP contribution in [-0.2, 0) is 33.8 Å². The lowest BCUT2D eigenvalue weighted by Gasteiger charge is -2.37. The molecule has 534 valence electrons. The second-order valence-electron chi connectivity index (χ2n) is 26.0. The molecule has 0 spiro atoms. The lowest BCUT2D eigenvalue weighted by atomic mass is 9.87. The van der Waals surface area contributed by atoms with Gasteiger partial charge in [0.05, 0.1) is 63.0 Å². The van der Waals surface area contributed by atoms with E-state index in [1.54, 1.807) is 48.5 Å². The first-order chi connectivity index (χ1) is 48.2. The summed E-state index contributed by atoms with van der Waals surface area (Å²) in [6, 6.07) is 39.8. The smallest absolute Gasteiger partial charge is 0.350 e. The molecule has 0 bridgehead atoms. The summed E-state index contributed by atoms with van der Waals surface area (Å²) in [4.78, 5) is 43.2. The van der Waals surface area contributed by atoms with Crippen LogP contribution in [0.1, 0.15) is 97.9 Å². The Bertz CT molecular complexity index is 4380. The summed E-state index contributed by atoms with van der Waals surface area (Å²) in [6.07, 6.45) is 12.7. The molecule has 6 aromatic carbocycles. The number of nitrogens with zero attached hydrogens (tertiary/aromatic N) is 16. The van der Waals surface area contributed by atoms with Crippen molar-refractivity contribution in [1.82, 2.24) is 58.2 Å². The van der Waals surface area contributed by atoms with Crippen molar-refractivity contribution >= 4 is 22.7 Å². The molecule has 4 aliphatic heterocycles. The van der Waals surface area contributed by atoms with Gasteiger partial charge >= 0.3 is 11.4 Å². The van der Waals surface area contributed by atoms with Gasteiger partial charge in [-0.2, -0.15) is 20.4 Å². The fourth-order valence-electron chi connectivity index (χ4n) is 13.9. The minimum atomic E-state index is -1.01. The number of anilines is 4. The third-order valence-corrected chi connectivity index (χ3v) is 19.6. The van der Waals surface area contributed by atoms with Crippen LogP contribution in [-0.4, -0.2) is 137 Å². The van der Waals surface area contributed by atoms with Crippen molar-refractivity contribution in [1.29, 1.82) is 0 Å². The monoisotopic (exact) mass is 1390 g/mol. The summed E-state index contributed by atoms with van der Waals surface area (Å²) in [5, 5.41) is 17.0. The molecule has 4 aromatic heterocycles. The molecule has 0 N–H and O–H groups in total. The zero-order valence-corrected chi connectivity index (χ0v) is 56.0. The summed E-state index contributed by atoms with van der Waals surface area (Å²) in [6.45, 7) is 17.2. The molecule has 0 saturated carbocycles. The molecule has 4 fully saturated rings. The van der Waals surface area contributed by atoms with Crippen LogP contribution in [0.4, 0.5) is 40.3 Å². The van der Waals surface area contributed by atoms with Crippen LogP contribution in [0, 0.1) is 35.1 Å². The molecule has 14 rings (SSSR count). The molecule has 4 aliphatic rings. The van der Waals surface area contributed by atoms with E-state index in [-0.39, 0.29) is 63.2 Å². The van der Waals surface area contributed by atoms with Crippen molar-refractivity contribution in [2.45, 2.75) is 111 Å². The Kier molecular flexibility index (Phi) is 22.9. The lowest BCUT2D eigenvalue weighted by Crippen LogP contribution is -2.46. The summed E-state index contributed by atoms with van der Waals surface area (Å²) in [5.41, 5.74) is 4.47. The summed E-state index contributed by atoms with van der Waals surface area (Å²) in [5.74, 6) is -1.06. The molecule has 4 saturated heterocycles. The maximum Gasteiger partial charge on any atom is 0.350 e. The van der Waals surface area contributed by atoms with Gasteiger partial charge in [0.2, 0.25) is 0 Å². The van der Waals surface area contributed by atoms with Gasteiger partial charge in [0, 0.05) is 110 Å². The second kappa shape index (κ2) is 32.1. The zero-order chi connectivity index (χ0) is 68.6. The normalized spacial score (nSPS) is 19.4. The maximum atomic E-state index is 15.0. The van der Waals surface area contributed by atoms with Gasteiger partial charge in [0.1, 0.15) is 83.9 Å². The zero-order valence-electron chi connectivity index (χ0n) is 56.0. The molecular weight excluding hydrogens is 1300 g/mol. The predicted octanol–water partition coefficient (Wildman–Crippen LogP) is 12.1. The third kappa shape index (κ3) is 16.1. The van der Waals surface area contributed by atoms with Crippen LogP contribution < -0.4 is 40.5 Å². The Morgan fingerprint density at radius 2 is 0.822 bits per heavy atom. The van der Waals surface area contributed by atoms with Crippen LogP contribution in [0.3, 0.4) is 0 Å². The van der Waals surface area contributed by atoms with E-state index in [1.807, 2.05) is 62.4 Å². The fourth-order valence-corrected chi connectivity index (χ4v) is 13.9. The Morgan fingerprint density at radius 3 is 1.17 bits per heavy atom. The number of hydrogen-bond donors (Lipinski definition) is 0. The highest BCUT2D eigenvalue weighted by atomic mass is 19.1. The molecule has 0 amide bonds. The van der Waals surface area contributed by atoms with Crippen LogP contribution in [0.5, 0.6) is 11.5 Å². The third-order valence-electron chi connectivity index (χ3n) is 19.6. The first-order valence-electron chi connectivity index (χ1n) is 34.0. The van der Waals surface area contributed by atoms with Gasteiger partial charge < -0.3 is 38.5 Å². The van der Waals surface area contributed by atoms with Crippen LogP contribution in [0.2, 0.25) is 0 Å². The molecule has 26 heteroatoms. The van der Waals surface area contributed by atoms with E-state index < -0.39 is 34.5 Å². The van der Waals surface area contributed by atoms with E-state index in [1.165, 1.54) is 41.6 Å². The number of rotatable bonds is 23. The fraction of sp³-hybridized carbons (Fsp3) is 0.413. The highest BCUT2D eigenvalue weighted by molar-refractivity contribution is 5.57. The molecule has 0 radical (unpaired) electrons. The standard InChI is InChI=1S/C37H42F2N8O3.C36H40F2N8O3.2CH4/c1-3-29(4-2)47-36(48)46(26-42-47)32-8-6-30(7-9-32)43-15-17-44(18-16-43)31-10-12-33(13-11-31)49-21-27-20-37(50-22-27,23-45-25-40-24-41-45)34-14-5-28(38)19-35(34)39;1-3-26(2)46-35(47)45(25-41-46)31-7-5-29(6-8-31)42-14-16-43(17-15-42)30-9-11-32(12-10-30)48-20-27-19-36(49-21-27,22-44-24-39-23-40-44)33-13-4-28(37)18-34(33)38;;/h5-14,19,24-27,29H,3-4,15-18,20-23H2,1-2H3;4-13,18,23-27H,3,14-17,19-22H2,1-2H3;2*1H4. The summed E-state index contributed by atoms with van der Waals surface area (Å²) < 4.78 is 91.7. The molecule has 10 aromatic rings. The van der Waals surface area contributed by atoms with Gasteiger partial charge in [-0.05, 0) is 148 Å². The van der Waals surface area contributed by atoms with Crippen molar-refractivity contribution in [3.05, 3.63) is 227 Å². The Balaban J connectivity index is 0.000000199. The number of aromatic nitrogens is 12. The Morgan fingerprint density at radius 1 is 0.465 bits per heavy atom. The van der Waals surface area contributed by atoms with Crippen molar-refractivity contribution in [3.63, 3.8) is 0 Å². The highest BCUT2D eigenvalue weighted by Crippen LogP contribution is 2.44. The van der Waals surface area contributed by atoms with E-state index in [0.29, 0.717) is 50.4 Å². The number of halogens is 4.